The number of rotatable bonds is 6. The fraction of sp³-hybridized carbons (Fsp3) is 0.0294. The average molecular weight is 588 g/mol. The molecule has 2 heterocycles. The van der Waals surface area contributed by atoms with Crippen LogP contribution in [0.4, 0.5) is 0 Å². The van der Waals surface area contributed by atoms with E-state index in [1.54, 1.807) is 48.5 Å². The Morgan fingerprint density at radius 1 is 0.860 bits per heavy atom. The Morgan fingerprint density at radius 3 is 2.56 bits per heavy atom. The summed E-state index contributed by atoms with van der Waals surface area (Å²) in [5.74, 6) is 0.296. The first-order valence-electron chi connectivity index (χ1n) is 13.4. The van der Waals surface area contributed by atoms with Crippen molar-refractivity contribution < 1.29 is 23.8 Å². The van der Waals surface area contributed by atoms with E-state index in [2.05, 4.69) is 15.5 Å². The highest BCUT2D eigenvalue weighted by molar-refractivity contribution is 6.34. The number of carbonyl (C=O) groups excluding carboxylic acids is 2. The number of esters is 1. The third-order valence-electron chi connectivity index (χ3n) is 7.17. The van der Waals surface area contributed by atoms with Gasteiger partial charge in [-0.25, -0.2) is 10.2 Å². The maximum absolute atomic E-state index is 13.6. The zero-order chi connectivity index (χ0) is 29.3. The molecule has 8 nitrogen and oxygen atoms in total. The van der Waals surface area contributed by atoms with Gasteiger partial charge in [0.15, 0.2) is 11.5 Å². The lowest BCUT2D eigenvalue weighted by molar-refractivity contribution is 0.0733. The van der Waals surface area contributed by atoms with Gasteiger partial charge in [0.2, 0.25) is 6.79 Å². The van der Waals surface area contributed by atoms with Crippen LogP contribution in [-0.2, 0) is 0 Å². The molecule has 210 valence electrons. The molecule has 9 heteroatoms. The number of hydrogen-bond donors (Lipinski definition) is 2. The number of halogens is 1. The molecule has 43 heavy (non-hydrogen) atoms. The Balaban J connectivity index is 1.18. The van der Waals surface area contributed by atoms with Crippen LogP contribution in [0.3, 0.4) is 0 Å². The van der Waals surface area contributed by atoms with E-state index in [1.807, 2.05) is 54.6 Å². The van der Waals surface area contributed by atoms with E-state index in [0.29, 0.717) is 38.9 Å². The first-order valence-corrected chi connectivity index (χ1v) is 13.8. The predicted octanol–water partition coefficient (Wildman–Crippen LogP) is 7.35. The van der Waals surface area contributed by atoms with Crippen molar-refractivity contribution in [2.75, 3.05) is 6.79 Å². The number of hydrazone groups is 1. The normalized spacial score (nSPS) is 12.2. The van der Waals surface area contributed by atoms with Gasteiger partial charge in [-0.1, -0.05) is 78.3 Å². The summed E-state index contributed by atoms with van der Waals surface area (Å²) < 4.78 is 16.3. The smallest absolute Gasteiger partial charge is 0.343 e. The summed E-state index contributed by atoms with van der Waals surface area (Å²) >= 11 is 6.60. The number of hydrogen-bond acceptors (Lipinski definition) is 6. The molecule has 2 N–H and O–H groups in total. The van der Waals surface area contributed by atoms with E-state index in [-0.39, 0.29) is 12.5 Å². The highest BCUT2D eigenvalue weighted by atomic mass is 35.5. The lowest BCUT2D eigenvalue weighted by atomic mass is 9.99. The van der Waals surface area contributed by atoms with Crippen molar-refractivity contribution in [3.8, 4) is 28.4 Å². The van der Waals surface area contributed by atoms with E-state index in [9.17, 15) is 9.59 Å². The minimum Gasteiger partial charge on any atom is -0.454 e. The molecular weight excluding hydrogens is 566 g/mol. The third-order valence-corrected chi connectivity index (χ3v) is 7.50. The molecule has 0 spiro atoms. The van der Waals surface area contributed by atoms with Crippen molar-refractivity contribution >= 4 is 51.4 Å². The Labute approximate surface area is 250 Å². The van der Waals surface area contributed by atoms with Gasteiger partial charge in [-0.05, 0) is 41.8 Å². The Hall–Kier alpha value is -5.60. The fourth-order valence-corrected chi connectivity index (χ4v) is 5.36. The molecule has 6 aromatic rings. The zero-order valence-corrected chi connectivity index (χ0v) is 23.2. The number of aromatic amines is 1. The molecule has 0 fully saturated rings. The van der Waals surface area contributed by atoms with Gasteiger partial charge in [0.1, 0.15) is 11.4 Å². The molecule has 7 rings (SSSR count). The first-order chi connectivity index (χ1) is 21.1. The molecule has 1 aliphatic heterocycles. The van der Waals surface area contributed by atoms with Crippen LogP contribution in [0, 0.1) is 0 Å². The van der Waals surface area contributed by atoms with Crippen molar-refractivity contribution in [1.82, 2.24) is 10.4 Å². The minimum absolute atomic E-state index is 0.105. The number of para-hydroxylation sites is 1. The van der Waals surface area contributed by atoms with E-state index in [1.165, 1.54) is 6.21 Å². The van der Waals surface area contributed by atoms with Crippen molar-refractivity contribution in [2.24, 2.45) is 5.10 Å². The maximum atomic E-state index is 13.6. The van der Waals surface area contributed by atoms with Gasteiger partial charge in [-0.15, -0.1) is 0 Å². The van der Waals surface area contributed by atoms with Crippen LogP contribution >= 0.6 is 11.6 Å². The van der Waals surface area contributed by atoms with Crippen molar-refractivity contribution in [2.45, 2.75) is 0 Å². The molecular formula is C34H22ClN3O5. The van der Waals surface area contributed by atoms with E-state index < -0.39 is 11.9 Å². The zero-order valence-electron chi connectivity index (χ0n) is 22.5. The minimum atomic E-state index is -0.571. The standard InChI is InChI=1S/C34H22ClN3O5/c35-26-11-5-4-10-24(26)30-25-15-13-20-7-1-3-9-23(20)31(25)37-32(30)33(39)38-36-18-22-8-2-6-12-27(22)43-34(40)21-14-16-28-29(17-21)42-19-41-28/h1-18,37H,19H2,(H,38,39). The second kappa shape index (κ2) is 11.0. The topological polar surface area (TPSA) is 102 Å². The number of ether oxygens (including phenoxy) is 3. The Kier molecular flexibility index (Phi) is 6.73. The highest BCUT2D eigenvalue weighted by Crippen LogP contribution is 2.39. The summed E-state index contributed by atoms with van der Waals surface area (Å²) in [6.07, 6.45) is 1.42. The lowest BCUT2D eigenvalue weighted by Gasteiger charge is -2.08. The van der Waals surface area contributed by atoms with Crippen molar-refractivity contribution in [3.63, 3.8) is 0 Å². The number of benzene rings is 5. The molecule has 5 aromatic carbocycles. The highest BCUT2D eigenvalue weighted by Gasteiger charge is 2.22. The number of nitrogens with one attached hydrogen (secondary N) is 2. The van der Waals surface area contributed by atoms with Crippen LogP contribution in [0.5, 0.6) is 17.2 Å². The number of nitrogens with zero attached hydrogens (tertiary/aromatic N) is 1. The molecule has 0 bridgehead atoms. The molecule has 0 aliphatic carbocycles. The van der Waals surface area contributed by atoms with Crippen molar-refractivity contribution in [3.05, 3.63) is 125 Å². The second-order valence-corrected chi connectivity index (χ2v) is 10.2. The lowest BCUT2D eigenvalue weighted by Crippen LogP contribution is -2.19. The van der Waals surface area contributed by atoms with Crippen LogP contribution in [0.2, 0.25) is 5.02 Å². The van der Waals surface area contributed by atoms with E-state index >= 15 is 0 Å². The van der Waals surface area contributed by atoms with Crippen LogP contribution < -0.4 is 19.6 Å². The molecule has 0 saturated heterocycles. The van der Waals surface area contributed by atoms with Gasteiger partial charge in [-0.3, -0.25) is 4.79 Å². The summed E-state index contributed by atoms with van der Waals surface area (Å²) in [5.41, 5.74) is 5.95. The van der Waals surface area contributed by atoms with Crippen LogP contribution in [-0.4, -0.2) is 29.9 Å². The van der Waals surface area contributed by atoms with Gasteiger partial charge >= 0.3 is 5.97 Å². The summed E-state index contributed by atoms with van der Waals surface area (Å²) in [5, 5.41) is 7.59. The number of amides is 1. The van der Waals surface area contributed by atoms with Crippen molar-refractivity contribution in [1.29, 1.82) is 0 Å². The molecule has 0 saturated carbocycles. The van der Waals surface area contributed by atoms with E-state index in [4.69, 9.17) is 25.8 Å². The molecule has 1 aromatic heterocycles. The summed E-state index contributed by atoms with van der Waals surface area (Å²) in [6.45, 7) is 0.105. The third kappa shape index (κ3) is 4.94. The maximum Gasteiger partial charge on any atom is 0.343 e. The van der Waals surface area contributed by atoms with Gasteiger partial charge in [0, 0.05) is 32.5 Å². The SMILES string of the molecule is O=C(Oc1ccccc1C=NNC(=O)c1[nH]c2c(ccc3ccccc32)c1-c1ccccc1Cl)c1ccc2c(c1)OCO2. The number of H-pyrrole nitrogens is 1. The van der Waals surface area contributed by atoms with Crippen LogP contribution in [0.15, 0.2) is 108 Å². The Bertz CT molecular complexity index is 2080. The monoisotopic (exact) mass is 587 g/mol. The number of aromatic nitrogens is 1. The summed E-state index contributed by atoms with van der Waals surface area (Å²) in [6, 6.07) is 31.1. The van der Waals surface area contributed by atoms with Gasteiger partial charge in [0.25, 0.3) is 5.91 Å². The quantitative estimate of drug-likeness (QED) is 0.0918. The van der Waals surface area contributed by atoms with Crippen LogP contribution in [0.1, 0.15) is 26.4 Å². The molecule has 1 aliphatic rings. The summed E-state index contributed by atoms with van der Waals surface area (Å²) in [4.78, 5) is 29.8. The second-order valence-electron chi connectivity index (χ2n) is 9.76. The molecule has 1 amide bonds. The molecule has 0 radical (unpaired) electrons. The molecule has 0 atom stereocenters. The molecule has 0 unspecified atom stereocenters. The van der Waals surface area contributed by atoms with Gasteiger partial charge in [-0.2, -0.15) is 5.10 Å². The largest absolute Gasteiger partial charge is 0.454 e. The van der Waals surface area contributed by atoms with Crippen LogP contribution in [0.25, 0.3) is 32.8 Å². The Morgan fingerprint density at radius 2 is 1.65 bits per heavy atom. The first kappa shape index (κ1) is 26.3. The number of fused-ring (bicyclic) bond motifs is 4. The average Bonchev–Trinajstić information content (AvgIpc) is 3.67. The van der Waals surface area contributed by atoms with E-state index in [0.717, 1.165) is 27.2 Å². The number of carbonyl (C=O) groups is 2. The fourth-order valence-electron chi connectivity index (χ4n) is 5.13. The predicted molar refractivity (Wildman–Crippen MR) is 165 cm³/mol. The van der Waals surface area contributed by atoms with Gasteiger partial charge in [0.05, 0.1) is 17.3 Å². The summed E-state index contributed by atoms with van der Waals surface area (Å²) in [7, 11) is 0. The van der Waals surface area contributed by atoms with Gasteiger partial charge < -0.3 is 19.2 Å².